The molecule has 28 heavy (non-hydrogen) atoms. The molecule has 4 nitrogen and oxygen atoms in total. The number of hydrogen-bond acceptors (Lipinski definition) is 2. The monoisotopic (exact) mass is 372 g/mol. The van der Waals surface area contributed by atoms with Crippen LogP contribution in [-0.2, 0) is 13.0 Å². The van der Waals surface area contributed by atoms with Gasteiger partial charge in [0.2, 0.25) is 0 Å². The lowest BCUT2D eigenvalue weighted by atomic mass is 9.88. The summed E-state index contributed by atoms with van der Waals surface area (Å²) in [6.45, 7) is 0.523. The number of hydrogen-bond donors (Lipinski definition) is 2. The van der Waals surface area contributed by atoms with Crippen LogP contribution in [0.15, 0.2) is 78.9 Å². The summed E-state index contributed by atoms with van der Waals surface area (Å²) in [7, 11) is 0. The fourth-order valence-electron chi connectivity index (χ4n) is 3.60. The molecule has 0 unspecified atom stereocenters. The maximum Gasteiger partial charge on any atom is 0.319 e. The summed E-state index contributed by atoms with van der Waals surface area (Å²) in [5, 5.41) is 6.02. The topological polar surface area (TPSA) is 50.4 Å². The lowest BCUT2D eigenvalue weighted by molar-refractivity contribution is 0.247. The molecule has 1 aliphatic rings. The van der Waals surface area contributed by atoms with Crippen molar-refractivity contribution in [1.82, 2.24) is 5.32 Å². The molecule has 3 aromatic rings. The van der Waals surface area contributed by atoms with Gasteiger partial charge in [-0.15, -0.1) is 0 Å². The van der Waals surface area contributed by atoms with Crippen molar-refractivity contribution in [3.05, 3.63) is 95.6 Å². The maximum absolute atomic E-state index is 12.4. The molecule has 4 rings (SSSR count). The highest BCUT2D eigenvalue weighted by Crippen LogP contribution is 2.29. The van der Waals surface area contributed by atoms with Crippen LogP contribution in [0.25, 0.3) is 0 Å². The number of rotatable bonds is 5. The van der Waals surface area contributed by atoms with Crippen molar-refractivity contribution in [3.8, 4) is 5.75 Å². The molecule has 3 aromatic carbocycles. The molecule has 0 fully saturated rings. The van der Waals surface area contributed by atoms with E-state index in [-0.39, 0.29) is 12.1 Å². The Labute approximate surface area is 165 Å². The first-order valence-corrected chi connectivity index (χ1v) is 9.70. The van der Waals surface area contributed by atoms with Crippen molar-refractivity contribution < 1.29 is 9.53 Å². The zero-order valence-corrected chi connectivity index (χ0v) is 15.7. The minimum atomic E-state index is -0.181. The molecule has 0 aliphatic heterocycles. The van der Waals surface area contributed by atoms with Crippen LogP contribution >= 0.6 is 0 Å². The van der Waals surface area contributed by atoms with Gasteiger partial charge in [-0.25, -0.2) is 4.79 Å². The van der Waals surface area contributed by atoms with Crippen molar-refractivity contribution in [1.29, 1.82) is 0 Å². The summed E-state index contributed by atoms with van der Waals surface area (Å²) < 4.78 is 5.78. The second-order valence-corrected chi connectivity index (χ2v) is 7.04. The Morgan fingerprint density at radius 1 is 0.929 bits per heavy atom. The lowest BCUT2D eigenvalue weighted by Gasteiger charge is -2.26. The summed E-state index contributed by atoms with van der Waals surface area (Å²) >= 11 is 0. The van der Waals surface area contributed by atoms with Crippen LogP contribution in [0.1, 0.15) is 35.6 Å². The largest absolute Gasteiger partial charge is 0.489 e. The number of urea groups is 1. The van der Waals surface area contributed by atoms with Gasteiger partial charge in [-0.2, -0.15) is 0 Å². The first-order chi connectivity index (χ1) is 13.8. The van der Waals surface area contributed by atoms with E-state index >= 15 is 0 Å². The highest BCUT2D eigenvalue weighted by molar-refractivity contribution is 5.89. The zero-order chi connectivity index (χ0) is 19.2. The smallest absolute Gasteiger partial charge is 0.319 e. The first-order valence-electron chi connectivity index (χ1n) is 9.70. The quantitative estimate of drug-likeness (QED) is 0.624. The van der Waals surface area contributed by atoms with Gasteiger partial charge in [-0.05, 0) is 60.2 Å². The van der Waals surface area contributed by atoms with E-state index in [0.717, 1.165) is 36.3 Å². The molecular formula is C24H24N2O2. The fraction of sp³-hybridized carbons (Fsp3) is 0.208. The molecule has 4 heteroatoms. The Hall–Kier alpha value is -3.27. The lowest BCUT2D eigenvalue weighted by Crippen LogP contribution is -2.34. The Balaban J connectivity index is 1.31. The Morgan fingerprint density at radius 3 is 2.50 bits per heavy atom. The third-order valence-electron chi connectivity index (χ3n) is 5.04. The van der Waals surface area contributed by atoms with Crippen LogP contribution in [0.4, 0.5) is 10.5 Å². The molecule has 1 aliphatic carbocycles. The molecular weight excluding hydrogens is 348 g/mol. The Kier molecular flexibility index (Phi) is 5.57. The predicted octanol–water partition coefficient (Wildman–Crippen LogP) is 5.46. The van der Waals surface area contributed by atoms with Crippen molar-refractivity contribution in [3.63, 3.8) is 0 Å². The Bertz CT molecular complexity index is 923. The zero-order valence-electron chi connectivity index (χ0n) is 15.7. The molecule has 2 amide bonds. The van der Waals surface area contributed by atoms with E-state index in [1.807, 2.05) is 60.7 Å². The number of carbonyl (C=O) groups is 1. The fourth-order valence-corrected chi connectivity index (χ4v) is 3.60. The molecule has 0 aromatic heterocycles. The van der Waals surface area contributed by atoms with Gasteiger partial charge in [0.1, 0.15) is 12.4 Å². The van der Waals surface area contributed by atoms with Gasteiger partial charge in [-0.1, -0.05) is 54.6 Å². The summed E-state index contributed by atoms with van der Waals surface area (Å²) in [5.74, 6) is 0.774. The van der Waals surface area contributed by atoms with Gasteiger partial charge in [0.15, 0.2) is 0 Å². The number of aryl methyl sites for hydroxylation is 1. The Morgan fingerprint density at radius 2 is 1.68 bits per heavy atom. The van der Waals surface area contributed by atoms with Gasteiger partial charge in [0.25, 0.3) is 0 Å². The third-order valence-corrected chi connectivity index (χ3v) is 5.04. The van der Waals surface area contributed by atoms with Gasteiger partial charge in [0.05, 0.1) is 6.04 Å². The van der Waals surface area contributed by atoms with Crippen LogP contribution in [0.2, 0.25) is 0 Å². The van der Waals surface area contributed by atoms with Crippen LogP contribution in [0.5, 0.6) is 5.75 Å². The standard InChI is InChI=1S/C24H24N2O2/c27-24(26-23-12-6-10-19-9-4-5-11-22(19)23)25-20-13-15-21(16-14-20)28-17-18-7-2-1-3-8-18/h1-5,7-9,11,13-16,23H,6,10,12,17H2,(H2,25,26,27)/t23-/m1/s1. The van der Waals surface area contributed by atoms with Gasteiger partial charge >= 0.3 is 6.03 Å². The summed E-state index contributed by atoms with van der Waals surface area (Å²) in [6, 6.07) is 25.7. The average Bonchev–Trinajstić information content (AvgIpc) is 2.74. The average molecular weight is 372 g/mol. The number of ether oxygens (including phenoxy) is 1. The number of nitrogens with one attached hydrogen (secondary N) is 2. The first kappa shape index (κ1) is 18.1. The number of benzene rings is 3. The summed E-state index contributed by atoms with van der Waals surface area (Å²) in [5.41, 5.74) is 4.43. The molecule has 0 radical (unpaired) electrons. The summed E-state index contributed by atoms with van der Waals surface area (Å²) in [6.07, 6.45) is 3.15. The number of carbonyl (C=O) groups excluding carboxylic acids is 1. The highest BCUT2D eigenvalue weighted by atomic mass is 16.5. The summed E-state index contributed by atoms with van der Waals surface area (Å²) in [4.78, 5) is 12.4. The van der Waals surface area contributed by atoms with E-state index in [9.17, 15) is 4.79 Å². The van der Waals surface area contributed by atoms with Crippen molar-refractivity contribution in [2.24, 2.45) is 0 Å². The van der Waals surface area contributed by atoms with Gasteiger partial charge in [-0.3, -0.25) is 0 Å². The van der Waals surface area contributed by atoms with Crippen molar-refractivity contribution >= 4 is 11.7 Å². The number of fused-ring (bicyclic) bond motifs is 1. The normalized spacial score (nSPS) is 15.4. The predicted molar refractivity (Wildman–Crippen MR) is 111 cm³/mol. The molecule has 1 atom stereocenters. The van der Waals surface area contributed by atoms with Gasteiger partial charge < -0.3 is 15.4 Å². The van der Waals surface area contributed by atoms with E-state index in [1.54, 1.807) is 0 Å². The van der Waals surface area contributed by atoms with Crippen molar-refractivity contribution in [2.75, 3.05) is 5.32 Å². The van der Waals surface area contributed by atoms with Crippen LogP contribution in [-0.4, -0.2) is 6.03 Å². The van der Waals surface area contributed by atoms with E-state index in [1.165, 1.54) is 11.1 Å². The van der Waals surface area contributed by atoms with Gasteiger partial charge in [0, 0.05) is 5.69 Å². The molecule has 142 valence electrons. The number of amides is 2. The second kappa shape index (κ2) is 8.61. The van der Waals surface area contributed by atoms with Crippen molar-refractivity contribution in [2.45, 2.75) is 31.9 Å². The maximum atomic E-state index is 12.4. The van der Waals surface area contributed by atoms with Crippen LogP contribution < -0.4 is 15.4 Å². The SMILES string of the molecule is O=C(Nc1ccc(OCc2ccccc2)cc1)N[C@@H]1CCCc2ccccc21. The molecule has 2 N–H and O–H groups in total. The highest BCUT2D eigenvalue weighted by Gasteiger charge is 2.21. The molecule has 0 bridgehead atoms. The minimum absolute atomic E-state index is 0.0680. The number of anilines is 1. The van der Waals surface area contributed by atoms with E-state index in [0.29, 0.717) is 6.61 Å². The molecule has 0 saturated carbocycles. The second-order valence-electron chi connectivity index (χ2n) is 7.04. The third kappa shape index (κ3) is 4.52. The van der Waals surface area contributed by atoms with Crippen LogP contribution in [0, 0.1) is 0 Å². The molecule has 0 saturated heterocycles. The molecule has 0 spiro atoms. The minimum Gasteiger partial charge on any atom is -0.489 e. The molecule has 0 heterocycles. The van der Waals surface area contributed by atoms with E-state index in [2.05, 4.69) is 28.8 Å². The van der Waals surface area contributed by atoms with E-state index < -0.39 is 0 Å². The van der Waals surface area contributed by atoms with E-state index in [4.69, 9.17) is 4.74 Å². The van der Waals surface area contributed by atoms with Crippen LogP contribution in [0.3, 0.4) is 0 Å².